The number of hydrogen-bond donors (Lipinski definition) is 0. The van der Waals surface area contributed by atoms with Crippen molar-refractivity contribution in [2.75, 3.05) is 0 Å². The van der Waals surface area contributed by atoms with E-state index in [1.165, 1.54) is 54.8 Å². The van der Waals surface area contributed by atoms with Gasteiger partial charge in [-0.05, 0) is 45.8 Å². The van der Waals surface area contributed by atoms with Gasteiger partial charge in [-0.15, -0.1) is 0 Å². The SMILES string of the molecule is c1ccc(-c2nc(-c3ccccc3)nc(C3c4ccccc4-c4c3ccc3c4ccc4c5ccccc5n(-c5ccccc5)c34)n2)cc1. The van der Waals surface area contributed by atoms with Gasteiger partial charge in [-0.2, -0.15) is 0 Å². The molecule has 2 heterocycles. The van der Waals surface area contributed by atoms with E-state index in [0.29, 0.717) is 11.6 Å². The fourth-order valence-corrected chi connectivity index (χ4v) is 7.64. The molecule has 1 atom stereocenters. The Bertz CT molecular complexity index is 2600. The van der Waals surface area contributed by atoms with Gasteiger partial charge in [0.15, 0.2) is 11.6 Å². The first kappa shape index (κ1) is 26.8. The molecule has 0 saturated heterocycles. The van der Waals surface area contributed by atoms with Gasteiger partial charge in [0, 0.05) is 33.0 Å². The average Bonchev–Trinajstić information content (AvgIpc) is 3.69. The van der Waals surface area contributed by atoms with Crippen molar-refractivity contribution < 1.29 is 0 Å². The van der Waals surface area contributed by atoms with Crippen LogP contribution in [0.1, 0.15) is 22.9 Å². The Hall–Kier alpha value is -6.39. The molecule has 4 heteroatoms. The lowest BCUT2D eigenvalue weighted by molar-refractivity contribution is 0.856. The normalized spacial score (nSPS) is 13.6. The summed E-state index contributed by atoms with van der Waals surface area (Å²) in [6, 6.07) is 57.8. The second-order valence-electron chi connectivity index (χ2n) is 12.4. The first-order valence-corrected chi connectivity index (χ1v) is 16.3. The minimum absolute atomic E-state index is 0.135. The zero-order chi connectivity index (χ0) is 31.6. The van der Waals surface area contributed by atoms with Crippen LogP contribution in [0.3, 0.4) is 0 Å². The van der Waals surface area contributed by atoms with Gasteiger partial charge in [0.2, 0.25) is 0 Å². The lowest BCUT2D eigenvalue weighted by atomic mass is 9.93. The average molecular weight is 613 g/mol. The molecule has 0 bridgehead atoms. The summed E-state index contributed by atoms with van der Waals surface area (Å²) in [7, 11) is 0. The molecule has 0 aliphatic heterocycles. The molecule has 224 valence electrons. The summed E-state index contributed by atoms with van der Waals surface area (Å²) < 4.78 is 2.42. The van der Waals surface area contributed by atoms with Gasteiger partial charge in [-0.25, -0.2) is 15.0 Å². The van der Waals surface area contributed by atoms with Crippen molar-refractivity contribution in [2.45, 2.75) is 5.92 Å². The van der Waals surface area contributed by atoms with Gasteiger partial charge in [0.1, 0.15) is 5.82 Å². The fourth-order valence-electron chi connectivity index (χ4n) is 7.64. The van der Waals surface area contributed by atoms with Gasteiger partial charge in [-0.1, -0.05) is 146 Å². The summed E-state index contributed by atoms with van der Waals surface area (Å²) in [5.41, 5.74) is 10.4. The maximum atomic E-state index is 5.20. The zero-order valence-corrected chi connectivity index (χ0v) is 26.0. The van der Waals surface area contributed by atoms with Crippen LogP contribution in [0.25, 0.3) is 72.2 Å². The predicted molar refractivity (Wildman–Crippen MR) is 195 cm³/mol. The van der Waals surface area contributed by atoms with E-state index >= 15 is 0 Å². The molecule has 9 aromatic rings. The van der Waals surface area contributed by atoms with E-state index in [2.05, 4.69) is 132 Å². The Kier molecular flexibility index (Phi) is 5.90. The van der Waals surface area contributed by atoms with Crippen molar-refractivity contribution in [2.24, 2.45) is 0 Å². The van der Waals surface area contributed by atoms with E-state index in [-0.39, 0.29) is 5.92 Å². The Balaban J connectivity index is 1.26. The zero-order valence-electron chi connectivity index (χ0n) is 26.0. The predicted octanol–water partition coefficient (Wildman–Crippen LogP) is 10.6. The van der Waals surface area contributed by atoms with Crippen LogP contribution in [0.4, 0.5) is 0 Å². The maximum absolute atomic E-state index is 5.20. The Morgan fingerprint density at radius 3 is 1.71 bits per heavy atom. The smallest absolute Gasteiger partial charge is 0.163 e. The summed E-state index contributed by atoms with van der Waals surface area (Å²) in [5, 5.41) is 4.97. The topological polar surface area (TPSA) is 43.6 Å². The Labute approximate surface area is 277 Å². The minimum Gasteiger partial charge on any atom is -0.309 e. The van der Waals surface area contributed by atoms with Crippen molar-refractivity contribution >= 4 is 32.6 Å². The highest BCUT2D eigenvalue weighted by Gasteiger charge is 2.34. The minimum atomic E-state index is -0.135. The second-order valence-corrected chi connectivity index (χ2v) is 12.4. The van der Waals surface area contributed by atoms with Crippen LogP contribution in [0.5, 0.6) is 0 Å². The monoisotopic (exact) mass is 612 g/mol. The summed E-state index contributed by atoms with van der Waals surface area (Å²) in [6.07, 6.45) is 0. The molecule has 2 aromatic heterocycles. The van der Waals surface area contributed by atoms with Crippen LogP contribution in [-0.4, -0.2) is 19.5 Å². The molecule has 0 fully saturated rings. The summed E-state index contributed by atoms with van der Waals surface area (Å²) in [6.45, 7) is 0. The van der Waals surface area contributed by atoms with E-state index < -0.39 is 0 Å². The highest BCUT2D eigenvalue weighted by atomic mass is 15.0. The van der Waals surface area contributed by atoms with Gasteiger partial charge >= 0.3 is 0 Å². The van der Waals surface area contributed by atoms with Gasteiger partial charge in [-0.3, -0.25) is 0 Å². The Morgan fingerprint density at radius 1 is 0.417 bits per heavy atom. The third-order valence-corrected chi connectivity index (χ3v) is 9.70. The Morgan fingerprint density at radius 2 is 0.979 bits per heavy atom. The number of para-hydroxylation sites is 2. The molecule has 10 rings (SSSR count). The molecule has 4 nitrogen and oxygen atoms in total. The number of rotatable bonds is 4. The van der Waals surface area contributed by atoms with Gasteiger partial charge < -0.3 is 4.57 Å². The van der Waals surface area contributed by atoms with E-state index in [9.17, 15) is 0 Å². The van der Waals surface area contributed by atoms with E-state index in [1.807, 2.05) is 36.4 Å². The largest absolute Gasteiger partial charge is 0.309 e. The number of fused-ring (bicyclic) bond motifs is 9. The highest BCUT2D eigenvalue weighted by molar-refractivity contribution is 6.21. The summed E-state index contributed by atoms with van der Waals surface area (Å²) in [4.78, 5) is 15.4. The fraction of sp³-hybridized carbons (Fsp3) is 0.0227. The number of hydrogen-bond acceptors (Lipinski definition) is 3. The van der Waals surface area contributed by atoms with Crippen molar-refractivity contribution in [3.05, 3.63) is 181 Å². The van der Waals surface area contributed by atoms with Crippen LogP contribution in [0, 0.1) is 0 Å². The van der Waals surface area contributed by atoms with E-state index in [1.54, 1.807) is 0 Å². The first-order chi connectivity index (χ1) is 23.8. The van der Waals surface area contributed by atoms with E-state index in [4.69, 9.17) is 15.0 Å². The summed E-state index contributed by atoms with van der Waals surface area (Å²) >= 11 is 0. The number of benzene rings is 7. The van der Waals surface area contributed by atoms with Crippen LogP contribution in [-0.2, 0) is 0 Å². The summed E-state index contributed by atoms with van der Waals surface area (Å²) in [5.74, 6) is 1.98. The van der Waals surface area contributed by atoms with Crippen LogP contribution >= 0.6 is 0 Å². The molecule has 1 aliphatic rings. The van der Waals surface area contributed by atoms with Crippen molar-refractivity contribution in [3.63, 3.8) is 0 Å². The molecule has 0 amide bonds. The quantitative estimate of drug-likeness (QED) is 0.199. The van der Waals surface area contributed by atoms with Crippen molar-refractivity contribution in [3.8, 4) is 39.6 Å². The first-order valence-electron chi connectivity index (χ1n) is 16.3. The van der Waals surface area contributed by atoms with E-state index in [0.717, 1.165) is 22.6 Å². The molecule has 7 aromatic carbocycles. The van der Waals surface area contributed by atoms with Crippen LogP contribution in [0.2, 0.25) is 0 Å². The van der Waals surface area contributed by atoms with Crippen molar-refractivity contribution in [1.29, 1.82) is 0 Å². The molecule has 0 spiro atoms. The van der Waals surface area contributed by atoms with Crippen LogP contribution in [0.15, 0.2) is 164 Å². The second kappa shape index (κ2) is 10.6. The molecule has 0 radical (unpaired) electrons. The molecule has 48 heavy (non-hydrogen) atoms. The number of nitrogens with zero attached hydrogens (tertiary/aromatic N) is 4. The third kappa shape index (κ3) is 3.99. The standard InChI is InChI=1S/C44H28N4/c1-4-14-28(15-5-1)42-45-43(29-16-6-2-7-17-29)47-44(46-42)40-33-22-11-10-21-32(33)39-34-24-25-35-31-20-12-13-23-38(31)48(30-18-8-3-9-19-30)41(35)36(34)26-27-37(39)40/h1-27,40H. The third-order valence-electron chi connectivity index (χ3n) is 9.70. The molecule has 1 unspecified atom stereocenters. The van der Waals surface area contributed by atoms with Gasteiger partial charge in [0.05, 0.1) is 17.0 Å². The highest BCUT2D eigenvalue weighted by Crippen LogP contribution is 2.51. The van der Waals surface area contributed by atoms with Crippen LogP contribution < -0.4 is 0 Å². The van der Waals surface area contributed by atoms with Crippen molar-refractivity contribution in [1.82, 2.24) is 19.5 Å². The molecule has 0 N–H and O–H groups in total. The molecule has 1 aliphatic carbocycles. The van der Waals surface area contributed by atoms with Gasteiger partial charge in [0.25, 0.3) is 0 Å². The lowest BCUT2D eigenvalue weighted by Crippen LogP contribution is -2.09. The molecule has 0 saturated carbocycles. The molecular weight excluding hydrogens is 585 g/mol. The maximum Gasteiger partial charge on any atom is 0.163 e. The number of aromatic nitrogens is 4. The lowest BCUT2D eigenvalue weighted by Gasteiger charge is -2.16. The molecular formula is C44H28N4.